The molecule has 1 N–H and O–H groups in total. The van der Waals surface area contributed by atoms with E-state index in [0.717, 1.165) is 24.2 Å². The highest BCUT2D eigenvalue weighted by Crippen LogP contribution is 2.43. The van der Waals surface area contributed by atoms with Crippen LogP contribution in [0.1, 0.15) is 71.1 Å². The van der Waals surface area contributed by atoms with Crippen LogP contribution in [0, 0.1) is 0 Å². The zero-order valence-corrected chi connectivity index (χ0v) is 20.6. The summed E-state index contributed by atoms with van der Waals surface area (Å²) in [6.07, 6.45) is 9.13. The van der Waals surface area contributed by atoms with E-state index in [1.165, 1.54) is 38.5 Å². The minimum atomic E-state index is -4.24. The lowest BCUT2D eigenvalue weighted by atomic mass is 10.1. The van der Waals surface area contributed by atoms with Crippen molar-refractivity contribution in [2.75, 3.05) is 47.4 Å². The van der Waals surface area contributed by atoms with Crippen LogP contribution in [-0.4, -0.2) is 79.8 Å². The second-order valence-corrected chi connectivity index (χ2v) is 10.7. The summed E-state index contributed by atoms with van der Waals surface area (Å²) in [6, 6.07) is 0. The fourth-order valence-corrected chi connectivity index (χ4v) is 3.92. The Morgan fingerprint density at radius 2 is 1.68 bits per heavy atom. The smallest absolute Gasteiger partial charge is 0.441 e. The highest BCUT2D eigenvalue weighted by molar-refractivity contribution is 7.47. The number of quaternary nitrogens is 1. The first-order valence-corrected chi connectivity index (χ1v) is 13.0. The van der Waals surface area contributed by atoms with E-state index in [2.05, 4.69) is 6.92 Å². The van der Waals surface area contributed by atoms with Crippen molar-refractivity contribution in [3.63, 3.8) is 0 Å². The molecule has 0 saturated carbocycles. The number of hydrogen-bond acceptors (Lipinski definition) is 6. The van der Waals surface area contributed by atoms with Crippen LogP contribution < -0.4 is 0 Å². The summed E-state index contributed by atoms with van der Waals surface area (Å²) >= 11 is 0. The van der Waals surface area contributed by atoms with Crippen LogP contribution in [0.25, 0.3) is 0 Å². The summed E-state index contributed by atoms with van der Waals surface area (Å²) in [6.45, 7) is 2.52. The Labute approximate surface area is 187 Å². The Morgan fingerprint density at radius 3 is 2.26 bits per heavy atom. The molecule has 0 aromatic heterocycles. The van der Waals surface area contributed by atoms with Gasteiger partial charge in [-0.1, -0.05) is 58.3 Å². The molecule has 1 aliphatic rings. The van der Waals surface area contributed by atoms with E-state index >= 15 is 0 Å². The molecule has 1 rings (SSSR count). The first-order valence-electron chi connectivity index (χ1n) is 11.5. The maximum Gasteiger partial charge on any atom is 0.472 e. The fraction of sp³-hybridized carbons (Fsp3) is 0.905. The maximum atomic E-state index is 12.3. The Bertz CT molecular complexity index is 595. The lowest BCUT2D eigenvalue weighted by Crippen LogP contribution is -2.37. The molecule has 2 amide bonds. The molecule has 0 spiro atoms. The largest absolute Gasteiger partial charge is 0.472 e. The quantitative estimate of drug-likeness (QED) is 0.196. The second kappa shape index (κ2) is 14.2. The Kier molecular flexibility index (Phi) is 12.9. The van der Waals surface area contributed by atoms with Crippen molar-refractivity contribution in [3.8, 4) is 0 Å². The molecule has 1 fully saturated rings. The normalized spacial score (nSPS) is 18.8. The number of carbonyl (C=O) groups excluding carboxylic acids is 2. The number of amides is 2. The van der Waals surface area contributed by atoms with Crippen LogP contribution in [0.4, 0.5) is 4.79 Å². The van der Waals surface area contributed by atoms with Crippen LogP contribution in [0.2, 0.25) is 0 Å². The van der Waals surface area contributed by atoms with Gasteiger partial charge >= 0.3 is 13.9 Å². The van der Waals surface area contributed by atoms with Crippen LogP contribution in [0.3, 0.4) is 0 Å². The molecule has 0 bridgehead atoms. The molecule has 0 radical (unpaired) electrons. The molecule has 182 valence electrons. The number of nitrogens with zero attached hydrogens (tertiary/aromatic N) is 2. The highest BCUT2D eigenvalue weighted by atomic mass is 31.2. The van der Waals surface area contributed by atoms with Crippen LogP contribution in [-0.2, 0) is 23.1 Å². The molecule has 0 aromatic carbocycles. The van der Waals surface area contributed by atoms with Crippen molar-refractivity contribution in [3.05, 3.63) is 0 Å². The van der Waals surface area contributed by atoms with Crippen molar-refractivity contribution in [2.45, 2.75) is 77.2 Å². The van der Waals surface area contributed by atoms with E-state index in [0.29, 0.717) is 17.4 Å². The van der Waals surface area contributed by atoms with Gasteiger partial charge in [0.25, 0.3) is 0 Å². The number of rotatable bonds is 17. The molecule has 10 heteroatoms. The number of likely N-dealkylation sites (N-methyl/N-ethyl adjacent to an activating group) is 1. The number of phosphoric ester groups is 1. The zero-order valence-electron chi connectivity index (χ0n) is 19.7. The molecule has 1 heterocycles. The van der Waals surface area contributed by atoms with Gasteiger partial charge in [-0.05, 0) is 6.42 Å². The first kappa shape index (κ1) is 28.0. The summed E-state index contributed by atoms with van der Waals surface area (Å²) in [5, 5.41) is 0. The van der Waals surface area contributed by atoms with E-state index < -0.39 is 20.0 Å². The summed E-state index contributed by atoms with van der Waals surface area (Å²) in [7, 11) is 1.57. The molecule has 0 aromatic rings. The van der Waals surface area contributed by atoms with Crippen molar-refractivity contribution in [2.24, 2.45) is 0 Å². The third-order valence-corrected chi connectivity index (χ3v) is 6.09. The Morgan fingerprint density at radius 1 is 1.10 bits per heavy atom. The van der Waals surface area contributed by atoms with Gasteiger partial charge in [-0.15, -0.1) is 0 Å². The average molecular weight is 466 g/mol. The number of ether oxygens (including phenoxy) is 1. The third-order valence-electron chi connectivity index (χ3n) is 5.11. The van der Waals surface area contributed by atoms with E-state index in [-0.39, 0.29) is 25.7 Å². The SMILES string of the molecule is CCCCCCCCCCCC(=O)N1C[C@H](COP(=O)(O)OCC[N+](C)(C)C)OC1=O. The van der Waals surface area contributed by atoms with Gasteiger partial charge in [0.2, 0.25) is 5.91 Å². The first-order chi connectivity index (χ1) is 14.5. The monoisotopic (exact) mass is 465 g/mol. The van der Waals surface area contributed by atoms with Gasteiger partial charge in [0.15, 0.2) is 0 Å². The van der Waals surface area contributed by atoms with E-state index in [9.17, 15) is 19.0 Å². The van der Waals surface area contributed by atoms with Crippen molar-refractivity contribution in [1.82, 2.24) is 4.90 Å². The van der Waals surface area contributed by atoms with Crippen LogP contribution in [0.15, 0.2) is 0 Å². The molecule has 0 aliphatic carbocycles. The predicted octanol–water partition coefficient (Wildman–Crippen LogP) is 4.09. The van der Waals surface area contributed by atoms with Crippen LogP contribution in [0.5, 0.6) is 0 Å². The predicted molar refractivity (Wildman–Crippen MR) is 118 cm³/mol. The van der Waals surface area contributed by atoms with Gasteiger partial charge in [-0.2, -0.15) is 0 Å². The van der Waals surface area contributed by atoms with Crippen LogP contribution >= 0.6 is 7.82 Å². The standard InChI is InChI=1S/C21H41N2O7P/c1-5-6-7-8-9-10-11-12-13-14-20(24)22-17-19(30-21(22)25)18-29-31(26,27)28-16-15-23(2,3)4/h19H,5-18H2,1-4H3/p+1/t19-/m1/s1. The molecule has 1 saturated heterocycles. The topological polar surface area (TPSA) is 102 Å². The number of carbonyl (C=O) groups is 2. The van der Waals surface area contributed by atoms with Gasteiger partial charge in [0.05, 0.1) is 34.3 Å². The summed E-state index contributed by atoms with van der Waals surface area (Å²) in [5.74, 6) is -0.276. The van der Waals surface area contributed by atoms with E-state index in [1.54, 1.807) is 0 Å². The lowest BCUT2D eigenvalue weighted by Gasteiger charge is -2.24. The minimum absolute atomic E-state index is 0.0218. The summed E-state index contributed by atoms with van der Waals surface area (Å²) in [5.41, 5.74) is 0. The maximum absolute atomic E-state index is 12.3. The fourth-order valence-electron chi connectivity index (χ4n) is 3.18. The van der Waals surface area contributed by atoms with Crippen molar-refractivity contribution < 1.29 is 37.3 Å². The minimum Gasteiger partial charge on any atom is -0.441 e. The number of unbranched alkanes of at least 4 members (excludes halogenated alkanes) is 8. The lowest BCUT2D eigenvalue weighted by molar-refractivity contribution is -0.870. The number of hydrogen-bond donors (Lipinski definition) is 1. The molecule has 9 nitrogen and oxygen atoms in total. The number of phosphoric acid groups is 1. The van der Waals surface area contributed by atoms with E-state index in [4.69, 9.17) is 13.8 Å². The molecular weight excluding hydrogens is 423 g/mol. The summed E-state index contributed by atoms with van der Waals surface area (Å²) < 4.78 is 27.5. The molecule has 2 atom stereocenters. The van der Waals surface area contributed by atoms with E-state index in [1.807, 2.05) is 21.1 Å². The Balaban J connectivity index is 2.21. The number of cyclic esters (lactones) is 1. The average Bonchev–Trinajstić information content (AvgIpc) is 3.04. The van der Waals surface area contributed by atoms with Gasteiger partial charge in [0.1, 0.15) is 19.3 Å². The molecule has 31 heavy (non-hydrogen) atoms. The second-order valence-electron chi connectivity index (χ2n) is 9.20. The Hall–Kier alpha value is -0.990. The van der Waals surface area contributed by atoms with Gasteiger partial charge in [-0.3, -0.25) is 13.8 Å². The van der Waals surface area contributed by atoms with Crippen molar-refractivity contribution >= 4 is 19.8 Å². The van der Waals surface area contributed by atoms with Gasteiger partial charge in [0, 0.05) is 6.42 Å². The zero-order chi connectivity index (χ0) is 23.3. The molecular formula is C21H42N2O7P+. The third kappa shape index (κ3) is 13.2. The highest BCUT2D eigenvalue weighted by Gasteiger charge is 2.37. The summed E-state index contributed by atoms with van der Waals surface area (Å²) in [4.78, 5) is 35.1. The molecule has 1 aliphatic heterocycles. The molecule has 1 unspecified atom stereocenters. The number of imide groups is 1. The van der Waals surface area contributed by atoms with Gasteiger partial charge < -0.3 is 14.1 Å². The van der Waals surface area contributed by atoms with Crippen molar-refractivity contribution in [1.29, 1.82) is 0 Å². The van der Waals surface area contributed by atoms with Gasteiger partial charge in [-0.25, -0.2) is 14.3 Å².